The third-order valence-corrected chi connectivity index (χ3v) is 5.32. The molecule has 1 saturated carbocycles. The Kier molecular flexibility index (Phi) is 4.27. The van der Waals surface area contributed by atoms with Crippen LogP contribution in [0, 0.1) is 5.92 Å². The van der Waals surface area contributed by atoms with Gasteiger partial charge >= 0.3 is 0 Å². The molecule has 5 nitrogen and oxygen atoms in total. The Balaban J connectivity index is 1.57. The minimum absolute atomic E-state index is 0.0830. The molecule has 1 saturated heterocycles. The summed E-state index contributed by atoms with van der Waals surface area (Å²) in [7, 11) is 0. The maximum absolute atomic E-state index is 12.7. The van der Waals surface area contributed by atoms with Crippen molar-refractivity contribution < 1.29 is 9.32 Å². The molecule has 1 aliphatic heterocycles. The quantitative estimate of drug-likeness (QED) is 0.834. The van der Waals surface area contributed by atoms with Crippen LogP contribution in [-0.2, 0) is 4.79 Å². The summed E-state index contributed by atoms with van der Waals surface area (Å²) in [6, 6.07) is 7.27. The van der Waals surface area contributed by atoms with Gasteiger partial charge in [-0.3, -0.25) is 4.79 Å². The maximum atomic E-state index is 12.7. The van der Waals surface area contributed by atoms with E-state index in [0.29, 0.717) is 16.7 Å². The fourth-order valence-corrected chi connectivity index (χ4v) is 3.55. The lowest BCUT2D eigenvalue weighted by atomic mass is 9.83. The average molecular weight is 346 g/mol. The van der Waals surface area contributed by atoms with E-state index in [0.717, 1.165) is 50.6 Å². The summed E-state index contributed by atoms with van der Waals surface area (Å²) >= 11 is 5.92. The number of carbonyl (C=O) groups is 1. The highest BCUT2D eigenvalue weighted by Crippen LogP contribution is 2.36. The molecule has 1 aromatic carbocycles. The van der Waals surface area contributed by atoms with Crippen molar-refractivity contribution in [3.8, 4) is 11.4 Å². The number of hydrogen-bond acceptors (Lipinski definition) is 4. The minimum atomic E-state index is -0.0830. The SMILES string of the molecule is O=C(C1CCC1)N1CCCCC1c1nc(-c2ccc(Cl)cc2)no1. The van der Waals surface area contributed by atoms with Crippen molar-refractivity contribution in [1.82, 2.24) is 15.0 Å². The van der Waals surface area contributed by atoms with Gasteiger partial charge in [-0.15, -0.1) is 0 Å². The Labute approximate surface area is 146 Å². The Morgan fingerprint density at radius 2 is 1.92 bits per heavy atom. The third kappa shape index (κ3) is 2.93. The van der Waals surface area contributed by atoms with Crippen LogP contribution in [0.1, 0.15) is 50.5 Å². The van der Waals surface area contributed by atoms with Crippen LogP contribution in [0.3, 0.4) is 0 Å². The van der Waals surface area contributed by atoms with Gasteiger partial charge < -0.3 is 9.42 Å². The van der Waals surface area contributed by atoms with E-state index >= 15 is 0 Å². The van der Waals surface area contributed by atoms with Crippen LogP contribution in [0.4, 0.5) is 0 Å². The van der Waals surface area contributed by atoms with E-state index in [1.165, 1.54) is 0 Å². The molecule has 1 atom stereocenters. The number of hydrogen-bond donors (Lipinski definition) is 0. The van der Waals surface area contributed by atoms with Crippen LogP contribution in [-0.4, -0.2) is 27.5 Å². The molecule has 2 aromatic rings. The number of aromatic nitrogens is 2. The number of likely N-dealkylation sites (tertiary alicyclic amines) is 1. The summed E-state index contributed by atoms with van der Waals surface area (Å²) in [6.45, 7) is 0.790. The molecule has 0 spiro atoms. The molecule has 0 bridgehead atoms. The second kappa shape index (κ2) is 6.55. The third-order valence-electron chi connectivity index (χ3n) is 5.07. The van der Waals surface area contributed by atoms with Crippen LogP contribution < -0.4 is 0 Å². The number of amides is 1. The number of benzene rings is 1. The normalized spacial score (nSPS) is 21.5. The van der Waals surface area contributed by atoms with Crippen LogP contribution in [0.5, 0.6) is 0 Å². The molecule has 1 aromatic heterocycles. The van der Waals surface area contributed by atoms with Crippen molar-refractivity contribution in [2.45, 2.75) is 44.6 Å². The van der Waals surface area contributed by atoms with E-state index in [4.69, 9.17) is 16.1 Å². The number of carbonyl (C=O) groups excluding carboxylic acids is 1. The second-order valence-electron chi connectivity index (χ2n) is 6.63. The Hall–Kier alpha value is -1.88. The molecule has 2 heterocycles. The summed E-state index contributed by atoms with van der Waals surface area (Å²) in [4.78, 5) is 19.2. The van der Waals surface area contributed by atoms with Gasteiger partial charge in [-0.05, 0) is 56.4 Å². The molecular weight excluding hydrogens is 326 g/mol. The monoisotopic (exact) mass is 345 g/mol. The summed E-state index contributed by atoms with van der Waals surface area (Å²) in [6.07, 6.45) is 6.21. The molecule has 1 unspecified atom stereocenters. The molecular formula is C18H20ClN3O2. The predicted octanol–water partition coefficient (Wildman–Crippen LogP) is 4.24. The molecule has 4 rings (SSSR count). The van der Waals surface area contributed by atoms with Crippen LogP contribution in [0.2, 0.25) is 5.02 Å². The van der Waals surface area contributed by atoms with Crippen molar-refractivity contribution in [3.63, 3.8) is 0 Å². The predicted molar refractivity (Wildman–Crippen MR) is 90.4 cm³/mol. The molecule has 2 fully saturated rings. The summed E-state index contributed by atoms with van der Waals surface area (Å²) in [5.74, 6) is 1.55. The van der Waals surface area contributed by atoms with Gasteiger partial charge in [0.05, 0.1) is 0 Å². The topological polar surface area (TPSA) is 59.2 Å². The standard InChI is InChI=1S/C18H20ClN3O2/c19-14-9-7-12(8-10-14)16-20-17(24-21-16)15-6-1-2-11-22(15)18(23)13-4-3-5-13/h7-10,13,15H,1-6,11H2. The Morgan fingerprint density at radius 3 is 2.62 bits per heavy atom. The minimum Gasteiger partial charge on any atom is -0.337 e. The maximum Gasteiger partial charge on any atom is 0.249 e. The molecule has 126 valence electrons. The smallest absolute Gasteiger partial charge is 0.249 e. The van der Waals surface area contributed by atoms with Gasteiger partial charge in [0.2, 0.25) is 17.6 Å². The van der Waals surface area contributed by atoms with E-state index in [2.05, 4.69) is 10.1 Å². The number of nitrogens with zero attached hydrogens (tertiary/aromatic N) is 3. The van der Waals surface area contributed by atoms with Gasteiger partial charge in [0.1, 0.15) is 6.04 Å². The first-order chi connectivity index (χ1) is 11.7. The summed E-state index contributed by atoms with van der Waals surface area (Å²) < 4.78 is 5.51. The molecule has 2 aliphatic rings. The van der Waals surface area contributed by atoms with E-state index in [1.54, 1.807) is 12.1 Å². The lowest BCUT2D eigenvalue weighted by molar-refractivity contribution is -0.142. The number of rotatable bonds is 3. The number of halogens is 1. The molecule has 0 radical (unpaired) electrons. The lowest BCUT2D eigenvalue weighted by Gasteiger charge is -2.38. The van der Waals surface area contributed by atoms with E-state index < -0.39 is 0 Å². The van der Waals surface area contributed by atoms with Gasteiger partial charge in [0, 0.05) is 23.0 Å². The van der Waals surface area contributed by atoms with E-state index in [-0.39, 0.29) is 17.9 Å². The summed E-state index contributed by atoms with van der Waals surface area (Å²) in [5, 5.41) is 4.77. The first-order valence-electron chi connectivity index (χ1n) is 8.62. The van der Waals surface area contributed by atoms with Crippen molar-refractivity contribution in [3.05, 3.63) is 35.2 Å². The van der Waals surface area contributed by atoms with Crippen molar-refractivity contribution in [2.75, 3.05) is 6.54 Å². The average Bonchev–Trinajstić information content (AvgIpc) is 3.04. The highest BCUT2D eigenvalue weighted by atomic mass is 35.5. The largest absolute Gasteiger partial charge is 0.337 e. The highest BCUT2D eigenvalue weighted by molar-refractivity contribution is 6.30. The van der Waals surface area contributed by atoms with E-state index in [9.17, 15) is 4.79 Å². The first-order valence-corrected chi connectivity index (χ1v) is 9.00. The second-order valence-corrected chi connectivity index (χ2v) is 7.07. The Morgan fingerprint density at radius 1 is 1.12 bits per heavy atom. The van der Waals surface area contributed by atoms with Crippen molar-refractivity contribution in [1.29, 1.82) is 0 Å². The molecule has 1 aliphatic carbocycles. The van der Waals surface area contributed by atoms with Crippen LogP contribution in [0.25, 0.3) is 11.4 Å². The zero-order valence-corrected chi connectivity index (χ0v) is 14.2. The Bertz CT molecular complexity index is 724. The van der Waals surface area contributed by atoms with Crippen LogP contribution in [0.15, 0.2) is 28.8 Å². The van der Waals surface area contributed by atoms with Gasteiger partial charge in [0.15, 0.2) is 0 Å². The van der Waals surface area contributed by atoms with Crippen molar-refractivity contribution in [2.24, 2.45) is 5.92 Å². The van der Waals surface area contributed by atoms with Gasteiger partial charge in [-0.1, -0.05) is 23.2 Å². The fourth-order valence-electron chi connectivity index (χ4n) is 3.43. The molecule has 0 N–H and O–H groups in total. The lowest BCUT2D eigenvalue weighted by Crippen LogP contribution is -2.43. The van der Waals surface area contributed by atoms with Gasteiger partial charge in [-0.2, -0.15) is 4.98 Å². The fraction of sp³-hybridized carbons (Fsp3) is 0.500. The highest BCUT2D eigenvalue weighted by Gasteiger charge is 2.37. The molecule has 6 heteroatoms. The zero-order chi connectivity index (χ0) is 16.5. The van der Waals surface area contributed by atoms with Gasteiger partial charge in [-0.25, -0.2) is 0 Å². The van der Waals surface area contributed by atoms with E-state index in [1.807, 2.05) is 17.0 Å². The summed E-state index contributed by atoms with van der Waals surface area (Å²) in [5.41, 5.74) is 0.863. The molecule has 24 heavy (non-hydrogen) atoms. The first kappa shape index (κ1) is 15.6. The molecule has 1 amide bonds. The zero-order valence-electron chi connectivity index (χ0n) is 13.4. The van der Waals surface area contributed by atoms with Crippen molar-refractivity contribution >= 4 is 17.5 Å². The van der Waals surface area contributed by atoms with Crippen LogP contribution >= 0.6 is 11.6 Å². The number of piperidine rings is 1. The van der Waals surface area contributed by atoms with Gasteiger partial charge in [0.25, 0.3) is 0 Å².